The van der Waals surface area contributed by atoms with Crippen molar-refractivity contribution >= 4 is 82.9 Å². The second kappa shape index (κ2) is 19.5. The number of ether oxygens (including phenoxy) is 2. The van der Waals surface area contributed by atoms with Crippen LogP contribution < -0.4 is 14.4 Å². The van der Waals surface area contributed by atoms with E-state index in [-0.39, 0.29) is 0 Å². The van der Waals surface area contributed by atoms with Gasteiger partial charge in [-0.05, 0) is 147 Å². The van der Waals surface area contributed by atoms with E-state index in [1.54, 1.807) is 34.0 Å². The smallest absolute Gasteiger partial charge is 0.148 e. The van der Waals surface area contributed by atoms with E-state index in [2.05, 4.69) is 165 Å². The first kappa shape index (κ1) is 39.6. The molecule has 55 heavy (non-hydrogen) atoms. The highest BCUT2D eigenvalue weighted by Crippen LogP contribution is 2.43. The number of thiophene rings is 3. The summed E-state index contributed by atoms with van der Waals surface area (Å²) in [5, 5.41) is 0. The maximum Gasteiger partial charge on any atom is 0.148 e. The molecule has 0 radical (unpaired) electrons. The van der Waals surface area contributed by atoms with E-state index in [4.69, 9.17) is 14.5 Å². The van der Waals surface area contributed by atoms with Crippen molar-refractivity contribution in [3.8, 4) is 53.8 Å². The molecule has 1 N–H and O–H groups in total. The van der Waals surface area contributed by atoms with Crippen molar-refractivity contribution in [3.63, 3.8) is 0 Å². The number of nitrogens with one attached hydrogen (secondary N) is 1. The molecular weight excluding hydrogens is 871 g/mol. The van der Waals surface area contributed by atoms with Crippen molar-refractivity contribution in [2.75, 3.05) is 18.1 Å². The molecule has 7 aromatic rings. The molecule has 0 aliphatic heterocycles. The number of imidazole rings is 1. The molecule has 0 fully saturated rings. The number of H-pyrrole nitrogens is 1. The van der Waals surface area contributed by atoms with Crippen molar-refractivity contribution in [1.82, 2.24) is 9.97 Å². The first-order valence-corrected chi connectivity index (χ1v) is 23.1. The van der Waals surface area contributed by atoms with Gasteiger partial charge < -0.3 is 19.4 Å². The second-order valence-corrected chi connectivity index (χ2v) is 19.4. The Morgan fingerprint density at radius 2 is 1.02 bits per heavy atom. The van der Waals surface area contributed by atoms with Crippen LogP contribution in [0.4, 0.5) is 17.1 Å². The molecule has 5 nitrogen and oxygen atoms in total. The fourth-order valence-electron chi connectivity index (χ4n) is 6.40. The zero-order chi connectivity index (χ0) is 38.0. The second-order valence-electron chi connectivity index (χ2n) is 13.4. The lowest BCUT2D eigenvalue weighted by molar-refractivity contribution is 0.305. The van der Waals surface area contributed by atoms with Gasteiger partial charge in [-0.25, -0.2) is 4.98 Å². The summed E-state index contributed by atoms with van der Waals surface area (Å²) < 4.78 is 14.4. The van der Waals surface area contributed by atoms with E-state index in [1.807, 2.05) is 0 Å². The van der Waals surface area contributed by atoms with Gasteiger partial charge in [-0.2, -0.15) is 0 Å². The van der Waals surface area contributed by atoms with Gasteiger partial charge in [-0.1, -0.05) is 64.5 Å². The van der Waals surface area contributed by atoms with E-state index >= 15 is 0 Å². The van der Waals surface area contributed by atoms with Crippen LogP contribution in [0.15, 0.2) is 117 Å². The third kappa shape index (κ3) is 10.2. The van der Waals surface area contributed by atoms with E-state index in [0.29, 0.717) is 0 Å². The summed E-state index contributed by atoms with van der Waals surface area (Å²) in [5.41, 5.74) is 6.38. The molecule has 0 unspecified atom stereocenters. The Labute approximate surface area is 353 Å². The third-order valence-corrected chi connectivity index (χ3v) is 13.7. The molecule has 0 atom stereocenters. The molecule has 10 heteroatoms. The summed E-state index contributed by atoms with van der Waals surface area (Å²) >= 11 is 12.4. The minimum absolute atomic E-state index is 0.746. The number of halogens is 2. The molecule has 0 saturated carbocycles. The molecule has 0 saturated heterocycles. The van der Waals surface area contributed by atoms with Crippen molar-refractivity contribution in [3.05, 3.63) is 117 Å². The van der Waals surface area contributed by atoms with Crippen LogP contribution in [-0.4, -0.2) is 23.2 Å². The van der Waals surface area contributed by atoms with Crippen molar-refractivity contribution in [2.45, 2.75) is 65.2 Å². The van der Waals surface area contributed by atoms with Crippen LogP contribution in [0.1, 0.15) is 65.2 Å². The molecule has 7 rings (SSSR count). The van der Waals surface area contributed by atoms with E-state index in [9.17, 15) is 0 Å². The normalized spacial score (nSPS) is 11.3. The fourth-order valence-corrected chi connectivity index (χ4v) is 10.1. The fraction of sp³-hybridized carbons (Fsp3) is 0.267. The van der Waals surface area contributed by atoms with E-state index < -0.39 is 0 Å². The largest absolute Gasteiger partial charge is 0.494 e. The zero-order valence-electron chi connectivity index (χ0n) is 31.2. The van der Waals surface area contributed by atoms with E-state index in [0.717, 1.165) is 99.6 Å². The molecule has 0 amide bonds. The Bertz CT molecular complexity index is 2120. The minimum Gasteiger partial charge on any atom is -0.494 e. The average molecular weight is 916 g/mol. The van der Waals surface area contributed by atoms with Crippen LogP contribution in [-0.2, 0) is 0 Å². The molecule has 0 aliphatic rings. The van der Waals surface area contributed by atoms with Crippen molar-refractivity contribution < 1.29 is 9.47 Å². The number of hydrogen-bond acceptors (Lipinski definition) is 7. The number of aromatic amines is 1. The Morgan fingerprint density at radius 3 is 1.53 bits per heavy atom. The Hall–Kier alpha value is -3.67. The van der Waals surface area contributed by atoms with Crippen molar-refractivity contribution in [2.24, 2.45) is 0 Å². The summed E-state index contributed by atoms with van der Waals surface area (Å²) in [5.74, 6) is 2.68. The highest BCUT2D eigenvalue weighted by atomic mass is 79.9. The maximum absolute atomic E-state index is 6.09. The van der Waals surface area contributed by atoms with Gasteiger partial charge >= 0.3 is 0 Å². The van der Waals surface area contributed by atoms with Gasteiger partial charge in [-0.15, -0.1) is 34.0 Å². The third-order valence-electron chi connectivity index (χ3n) is 9.30. The predicted octanol–water partition coefficient (Wildman–Crippen LogP) is 16.2. The summed E-state index contributed by atoms with van der Waals surface area (Å²) in [6.45, 7) is 5.96. The average Bonchev–Trinajstić information content (AvgIpc) is 4.04. The summed E-state index contributed by atoms with van der Waals surface area (Å²) in [6.07, 6.45) is 9.52. The molecule has 4 heterocycles. The SMILES string of the molecule is CCCCCCOc1ccc(N(c2ccc(OCCCCCC)cc2)c2ccc(-c3ccc(-c4nc(-c5ccc(Br)s5)c(-c5ccc(Br)s5)[nH]4)s3)cc2)cc1. The van der Waals surface area contributed by atoms with Gasteiger partial charge in [0.05, 0.1) is 41.1 Å². The number of hydrogen-bond donors (Lipinski definition) is 1. The molecule has 0 bridgehead atoms. The van der Waals surface area contributed by atoms with Crippen LogP contribution in [0.5, 0.6) is 11.5 Å². The molecule has 4 aromatic heterocycles. The highest BCUT2D eigenvalue weighted by molar-refractivity contribution is 9.11. The van der Waals surface area contributed by atoms with Gasteiger partial charge in [0, 0.05) is 21.9 Å². The van der Waals surface area contributed by atoms with E-state index in [1.165, 1.54) is 43.4 Å². The molecule has 0 aliphatic carbocycles. The minimum atomic E-state index is 0.746. The van der Waals surface area contributed by atoms with Crippen LogP contribution in [0.2, 0.25) is 0 Å². The van der Waals surface area contributed by atoms with Gasteiger partial charge in [0.2, 0.25) is 0 Å². The highest BCUT2D eigenvalue weighted by Gasteiger charge is 2.20. The number of rotatable bonds is 19. The number of anilines is 3. The maximum atomic E-state index is 6.09. The van der Waals surface area contributed by atoms with Gasteiger partial charge in [0.25, 0.3) is 0 Å². The molecule has 284 valence electrons. The van der Waals surface area contributed by atoms with Crippen molar-refractivity contribution in [1.29, 1.82) is 0 Å². The zero-order valence-corrected chi connectivity index (χ0v) is 36.8. The van der Waals surface area contributed by atoms with Gasteiger partial charge in [-0.3, -0.25) is 0 Å². The number of unbranched alkanes of at least 4 members (excludes halogenated alkanes) is 6. The summed E-state index contributed by atoms with van der Waals surface area (Å²) in [7, 11) is 0. The summed E-state index contributed by atoms with van der Waals surface area (Å²) in [4.78, 5) is 15.7. The monoisotopic (exact) mass is 913 g/mol. The predicted molar refractivity (Wildman–Crippen MR) is 243 cm³/mol. The lowest BCUT2D eigenvalue weighted by Gasteiger charge is -2.26. The number of benzene rings is 3. The van der Waals surface area contributed by atoms with Gasteiger partial charge in [0.1, 0.15) is 23.0 Å². The first-order valence-electron chi connectivity index (χ1n) is 19.1. The lowest BCUT2D eigenvalue weighted by Crippen LogP contribution is -2.10. The van der Waals surface area contributed by atoms with Gasteiger partial charge in [0.15, 0.2) is 0 Å². The molecule has 3 aromatic carbocycles. The lowest BCUT2D eigenvalue weighted by atomic mass is 10.1. The molecular formula is C45H45Br2N3O2S3. The molecule has 0 spiro atoms. The standard InChI is InChI=1S/C45H45Br2N3O2S3/c1-3-5-7-9-29-51-35-19-15-33(16-20-35)50(34-17-21-36(22-18-34)52-30-10-8-6-4-2)32-13-11-31(12-14-32)37-23-24-40(53-37)45-48-43(38-25-27-41(46)54-38)44(49-45)39-26-28-42(47)55-39/h11-28H,3-10,29-30H2,1-2H3,(H,48,49). The topological polar surface area (TPSA) is 50.4 Å². The quantitative estimate of drug-likeness (QED) is 0.0821. The summed E-state index contributed by atoms with van der Waals surface area (Å²) in [6, 6.07) is 38.5. The first-order chi connectivity index (χ1) is 27.0. The van der Waals surface area contributed by atoms with Crippen LogP contribution in [0.3, 0.4) is 0 Å². The Morgan fingerprint density at radius 1 is 0.527 bits per heavy atom. The van der Waals surface area contributed by atoms with Crippen LogP contribution in [0.25, 0.3) is 42.3 Å². The number of aromatic nitrogens is 2. The number of nitrogens with zero attached hydrogens (tertiary/aromatic N) is 2. The van der Waals surface area contributed by atoms with Crippen LogP contribution >= 0.6 is 65.9 Å². The Kier molecular flexibility index (Phi) is 14.0. The Balaban J connectivity index is 1.13. The van der Waals surface area contributed by atoms with Crippen LogP contribution in [0, 0.1) is 0 Å².